The zero-order chi connectivity index (χ0) is 13.2. The minimum Gasteiger partial charge on any atom is -0.393 e. The number of anilines is 1. The molecule has 1 aliphatic heterocycles. The Morgan fingerprint density at radius 1 is 1.37 bits per heavy atom. The van der Waals surface area contributed by atoms with E-state index in [0.717, 1.165) is 43.4 Å². The first-order valence-corrected chi connectivity index (χ1v) is 7.86. The maximum atomic E-state index is 10.3. The molecule has 106 valence electrons. The molecule has 6 heteroatoms. The first-order valence-electron chi connectivity index (χ1n) is 7.08. The number of aromatic nitrogens is 2. The molecule has 5 nitrogen and oxygen atoms in total. The van der Waals surface area contributed by atoms with Crippen molar-refractivity contribution < 1.29 is 9.84 Å². The van der Waals surface area contributed by atoms with E-state index < -0.39 is 0 Å². The molecule has 1 aliphatic carbocycles. The van der Waals surface area contributed by atoms with E-state index >= 15 is 0 Å². The van der Waals surface area contributed by atoms with E-state index in [0.29, 0.717) is 12.5 Å². The van der Waals surface area contributed by atoms with Crippen LogP contribution in [0.4, 0.5) is 5.13 Å². The van der Waals surface area contributed by atoms with E-state index in [1.165, 1.54) is 18.0 Å². The van der Waals surface area contributed by atoms with Crippen molar-refractivity contribution in [2.24, 2.45) is 5.92 Å². The molecule has 1 saturated heterocycles. The molecule has 2 aliphatic rings. The van der Waals surface area contributed by atoms with Gasteiger partial charge in [0, 0.05) is 24.0 Å². The van der Waals surface area contributed by atoms with Gasteiger partial charge in [0.15, 0.2) is 0 Å². The van der Waals surface area contributed by atoms with Gasteiger partial charge in [0.1, 0.15) is 5.82 Å². The summed E-state index contributed by atoms with van der Waals surface area (Å²) in [7, 11) is 0. The molecule has 0 spiro atoms. The lowest BCUT2D eigenvalue weighted by atomic mass is 9.81. The van der Waals surface area contributed by atoms with Gasteiger partial charge in [-0.2, -0.15) is 4.37 Å². The van der Waals surface area contributed by atoms with Gasteiger partial charge in [-0.1, -0.05) is 12.8 Å². The Morgan fingerprint density at radius 3 is 2.95 bits per heavy atom. The molecule has 0 bridgehead atoms. The lowest BCUT2D eigenvalue weighted by Gasteiger charge is -2.43. The fraction of sp³-hybridized carbons (Fsp3) is 0.846. The molecule has 1 aromatic heterocycles. The summed E-state index contributed by atoms with van der Waals surface area (Å²) < 4.78 is 9.92. The second-order valence-electron chi connectivity index (χ2n) is 5.48. The monoisotopic (exact) mass is 283 g/mol. The van der Waals surface area contributed by atoms with Crippen LogP contribution in [0.1, 0.15) is 31.5 Å². The van der Waals surface area contributed by atoms with E-state index in [-0.39, 0.29) is 12.1 Å². The third kappa shape index (κ3) is 2.75. The zero-order valence-electron chi connectivity index (χ0n) is 11.3. The maximum absolute atomic E-state index is 10.3. The molecule has 3 atom stereocenters. The summed E-state index contributed by atoms with van der Waals surface area (Å²) in [6.07, 6.45) is 4.16. The normalized spacial score (nSPS) is 32.5. The van der Waals surface area contributed by atoms with Crippen LogP contribution in [0.25, 0.3) is 0 Å². The highest BCUT2D eigenvalue weighted by molar-refractivity contribution is 7.09. The number of rotatable bonds is 2. The quantitative estimate of drug-likeness (QED) is 0.893. The second-order valence-corrected chi connectivity index (χ2v) is 6.21. The van der Waals surface area contributed by atoms with Gasteiger partial charge < -0.3 is 14.7 Å². The number of aliphatic hydroxyl groups is 1. The summed E-state index contributed by atoms with van der Waals surface area (Å²) in [5.41, 5.74) is 0. The van der Waals surface area contributed by atoms with Crippen molar-refractivity contribution in [3.8, 4) is 0 Å². The molecule has 3 rings (SSSR count). The molecular weight excluding hydrogens is 262 g/mol. The summed E-state index contributed by atoms with van der Waals surface area (Å²) >= 11 is 1.45. The van der Waals surface area contributed by atoms with Crippen molar-refractivity contribution in [3.63, 3.8) is 0 Å². The molecule has 0 radical (unpaired) electrons. The van der Waals surface area contributed by atoms with Crippen LogP contribution in [-0.4, -0.2) is 46.4 Å². The second kappa shape index (κ2) is 5.73. The van der Waals surface area contributed by atoms with E-state index in [4.69, 9.17) is 4.74 Å². The van der Waals surface area contributed by atoms with Crippen molar-refractivity contribution in [1.82, 2.24) is 9.36 Å². The highest BCUT2D eigenvalue weighted by atomic mass is 32.1. The predicted molar refractivity (Wildman–Crippen MR) is 74.6 cm³/mol. The minimum absolute atomic E-state index is 0.197. The van der Waals surface area contributed by atoms with Gasteiger partial charge in [0.25, 0.3) is 0 Å². The average molecular weight is 283 g/mol. The topological polar surface area (TPSA) is 58.5 Å². The van der Waals surface area contributed by atoms with Crippen LogP contribution < -0.4 is 4.90 Å². The van der Waals surface area contributed by atoms with Crippen molar-refractivity contribution in [1.29, 1.82) is 0 Å². The Kier molecular flexibility index (Phi) is 4.00. The van der Waals surface area contributed by atoms with Gasteiger partial charge in [0.2, 0.25) is 5.13 Å². The molecular formula is C13H21N3O2S. The summed E-state index contributed by atoms with van der Waals surface area (Å²) in [4.78, 5) is 6.80. The fourth-order valence-corrected chi connectivity index (χ4v) is 3.97. The van der Waals surface area contributed by atoms with Crippen molar-refractivity contribution in [2.75, 3.05) is 24.7 Å². The van der Waals surface area contributed by atoms with Crippen LogP contribution in [0.5, 0.6) is 0 Å². The molecule has 1 aromatic rings. The SMILES string of the molecule is Cc1nsc(N2CCOC[C@@H]2[C@@H]2CCCC[C@@H]2O)n1. The third-order valence-electron chi connectivity index (χ3n) is 4.20. The first-order chi connectivity index (χ1) is 9.25. The van der Waals surface area contributed by atoms with Crippen LogP contribution in [0.15, 0.2) is 0 Å². The molecule has 1 N–H and O–H groups in total. The fourth-order valence-electron chi connectivity index (χ4n) is 3.21. The Bertz CT molecular complexity index is 426. The van der Waals surface area contributed by atoms with E-state index in [1.807, 2.05) is 6.92 Å². The molecule has 0 unspecified atom stereocenters. The first kappa shape index (κ1) is 13.3. The molecule has 2 heterocycles. The summed E-state index contributed by atoms with van der Waals surface area (Å²) in [5.74, 6) is 1.13. The third-order valence-corrected chi connectivity index (χ3v) is 5.05. The van der Waals surface area contributed by atoms with Gasteiger partial charge >= 0.3 is 0 Å². The number of aryl methyl sites for hydroxylation is 1. The van der Waals surface area contributed by atoms with Crippen molar-refractivity contribution >= 4 is 16.7 Å². The van der Waals surface area contributed by atoms with Gasteiger partial charge in [-0.3, -0.25) is 0 Å². The van der Waals surface area contributed by atoms with E-state index in [2.05, 4.69) is 14.3 Å². The van der Waals surface area contributed by atoms with Crippen LogP contribution >= 0.6 is 11.5 Å². The van der Waals surface area contributed by atoms with Crippen LogP contribution in [-0.2, 0) is 4.74 Å². The highest BCUT2D eigenvalue weighted by Crippen LogP contribution is 2.33. The van der Waals surface area contributed by atoms with Gasteiger partial charge in [-0.15, -0.1) is 0 Å². The number of morpholine rings is 1. The number of nitrogens with zero attached hydrogens (tertiary/aromatic N) is 3. The van der Waals surface area contributed by atoms with Gasteiger partial charge in [0.05, 0.1) is 25.4 Å². The average Bonchev–Trinajstić information content (AvgIpc) is 2.86. The predicted octanol–water partition coefficient (Wildman–Crippen LogP) is 1.60. The van der Waals surface area contributed by atoms with Crippen LogP contribution in [0, 0.1) is 12.8 Å². The molecule has 0 amide bonds. The summed E-state index contributed by atoms with van der Waals surface area (Å²) in [5, 5.41) is 11.3. The lowest BCUT2D eigenvalue weighted by molar-refractivity contribution is 0.00866. The van der Waals surface area contributed by atoms with Gasteiger partial charge in [-0.05, 0) is 19.8 Å². The lowest BCUT2D eigenvalue weighted by Crippen LogP contribution is -2.53. The van der Waals surface area contributed by atoms with Crippen LogP contribution in [0.2, 0.25) is 0 Å². The number of hydrogen-bond acceptors (Lipinski definition) is 6. The molecule has 19 heavy (non-hydrogen) atoms. The Morgan fingerprint density at radius 2 is 2.21 bits per heavy atom. The summed E-state index contributed by atoms with van der Waals surface area (Å²) in [6, 6.07) is 0.247. The van der Waals surface area contributed by atoms with E-state index in [1.54, 1.807) is 0 Å². The number of ether oxygens (including phenoxy) is 1. The summed E-state index contributed by atoms with van der Waals surface area (Å²) in [6.45, 7) is 4.20. The molecule has 0 aromatic carbocycles. The zero-order valence-corrected chi connectivity index (χ0v) is 12.1. The Labute approximate surface area is 117 Å². The van der Waals surface area contributed by atoms with Crippen molar-refractivity contribution in [2.45, 2.75) is 44.8 Å². The molecule has 1 saturated carbocycles. The number of aliphatic hydroxyl groups excluding tert-OH is 1. The van der Waals surface area contributed by atoms with Gasteiger partial charge in [-0.25, -0.2) is 4.98 Å². The van der Waals surface area contributed by atoms with Crippen molar-refractivity contribution in [3.05, 3.63) is 5.82 Å². The molecule has 2 fully saturated rings. The highest BCUT2D eigenvalue weighted by Gasteiger charge is 2.37. The standard InChI is InChI=1S/C13H21N3O2S/c1-9-14-13(19-15-9)16-6-7-18-8-11(16)10-4-2-3-5-12(10)17/h10-12,17H,2-8H2,1H3/t10-,11+,12-/m0/s1. The van der Waals surface area contributed by atoms with Crippen LogP contribution in [0.3, 0.4) is 0 Å². The largest absolute Gasteiger partial charge is 0.393 e. The smallest absolute Gasteiger partial charge is 0.205 e. The Balaban J connectivity index is 1.80. The number of hydrogen-bond donors (Lipinski definition) is 1. The maximum Gasteiger partial charge on any atom is 0.205 e. The minimum atomic E-state index is -0.197. The Hall–Kier alpha value is -0.720. The van der Waals surface area contributed by atoms with E-state index in [9.17, 15) is 5.11 Å².